The second-order valence-corrected chi connectivity index (χ2v) is 6.16. The molecule has 24 heavy (non-hydrogen) atoms. The average molecular weight is 338 g/mol. The summed E-state index contributed by atoms with van der Waals surface area (Å²) in [6.45, 7) is 3.06. The molecule has 5 nitrogen and oxygen atoms in total. The number of likely N-dealkylation sites (tertiary alicyclic amines) is 1. The van der Waals surface area contributed by atoms with Gasteiger partial charge in [-0.1, -0.05) is 0 Å². The first-order chi connectivity index (χ1) is 11.6. The molecule has 2 aliphatic heterocycles. The summed E-state index contributed by atoms with van der Waals surface area (Å²) in [6.07, 6.45) is 1.45. The molecular formula is C17H20F2N2O3. The van der Waals surface area contributed by atoms with Crippen molar-refractivity contribution in [3.63, 3.8) is 0 Å². The highest BCUT2D eigenvalue weighted by molar-refractivity contribution is 5.94. The van der Waals surface area contributed by atoms with Gasteiger partial charge in [0, 0.05) is 31.7 Å². The fourth-order valence-electron chi connectivity index (χ4n) is 3.22. The van der Waals surface area contributed by atoms with Crippen LogP contribution in [0.4, 0.5) is 8.78 Å². The van der Waals surface area contributed by atoms with Gasteiger partial charge in [-0.2, -0.15) is 0 Å². The molecule has 1 unspecified atom stereocenters. The minimum atomic E-state index is -1.04. The molecule has 3 rings (SSSR count). The summed E-state index contributed by atoms with van der Waals surface area (Å²) in [5, 5.41) is 0. The first-order valence-electron chi connectivity index (χ1n) is 8.17. The van der Waals surface area contributed by atoms with Gasteiger partial charge in [0.15, 0.2) is 11.6 Å². The third kappa shape index (κ3) is 3.56. The van der Waals surface area contributed by atoms with E-state index in [0.29, 0.717) is 39.4 Å². The number of carbonyl (C=O) groups is 2. The van der Waals surface area contributed by atoms with Crippen LogP contribution in [-0.2, 0) is 9.53 Å². The minimum absolute atomic E-state index is 0.0427. The Balaban J connectivity index is 1.67. The van der Waals surface area contributed by atoms with E-state index in [1.165, 1.54) is 6.07 Å². The SMILES string of the molecule is O=C(c1ccc(F)c(F)c1)N1CCCC(C(=O)N2CCOCC2)C1. The van der Waals surface area contributed by atoms with E-state index in [9.17, 15) is 18.4 Å². The standard InChI is InChI=1S/C17H20F2N2O3/c18-14-4-3-12(10-15(14)19)16(22)21-5-1-2-13(11-21)17(23)20-6-8-24-9-7-20/h3-4,10,13H,1-2,5-9,11H2. The Kier molecular flexibility index (Phi) is 5.08. The molecule has 7 heteroatoms. The largest absolute Gasteiger partial charge is 0.378 e. The van der Waals surface area contributed by atoms with E-state index >= 15 is 0 Å². The monoisotopic (exact) mass is 338 g/mol. The topological polar surface area (TPSA) is 49.9 Å². The number of carbonyl (C=O) groups excluding carboxylic acids is 2. The van der Waals surface area contributed by atoms with Crippen LogP contribution < -0.4 is 0 Å². The van der Waals surface area contributed by atoms with Crippen LogP contribution in [0.3, 0.4) is 0 Å². The summed E-state index contributed by atoms with van der Waals surface area (Å²) in [4.78, 5) is 28.4. The van der Waals surface area contributed by atoms with Crippen LogP contribution in [0.25, 0.3) is 0 Å². The molecular weight excluding hydrogens is 318 g/mol. The van der Waals surface area contributed by atoms with Crippen molar-refractivity contribution in [2.75, 3.05) is 39.4 Å². The van der Waals surface area contributed by atoms with Gasteiger partial charge in [0.2, 0.25) is 5.91 Å². The first-order valence-corrected chi connectivity index (χ1v) is 8.17. The van der Waals surface area contributed by atoms with Crippen LogP contribution in [0.15, 0.2) is 18.2 Å². The number of morpholine rings is 1. The molecule has 0 N–H and O–H groups in total. The van der Waals surface area contributed by atoms with Crippen molar-refractivity contribution in [2.45, 2.75) is 12.8 Å². The number of hydrogen-bond acceptors (Lipinski definition) is 3. The van der Waals surface area contributed by atoms with Gasteiger partial charge in [-0.15, -0.1) is 0 Å². The quantitative estimate of drug-likeness (QED) is 0.824. The molecule has 0 spiro atoms. The number of amides is 2. The van der Waals surface area contributed by atoms with Crippen molar-refractivity contribution in [1.29, 1.82) is 0 Å². The maximum atomic E-state index is 13.3. The number of benzene rings is 1. The molecule has 130 valence electrons. The van der Waals surface area contributed by atoms with Gasteiger partial charge in [-0.3, -0.25) is 9.59 Å². The fourth-order valence-corrected chi connectivity index (χ4v) is 3.22. The van der Waals surface area contributed by atoms with Crippen LogP contribution in [-0.4, -0.2) is 61.0 Å². The van der Waals surface area contributed by atoms with Crippen LogP contribution in [0.2, 0.25) is 0 Å². The second-order valence-electron chi connectivity index (χ2n) is 6.16. The molecule has 2 amide bonds. The van der Waals surface area contributed by atoms with Gasteiger partial charge in [-0.05, 0) is 31.0 Å². The van der Waals surface area contributed by atoms with Crippen LogP contribution >= 0.6 is 0 Å². The van der Waals surface area contributed by atoms with Crippen molar-refractivity contribution in [3.05, 3.63) is 35.4 Å². The highest BCUT2D eigenvalue weighted by atomic mass is 19.2. The highest BCUT2D eigenvalue weighted by Crippen LogP contribution is 2.22. The van der Waals surface area contributed by atoms with E-state index in [-0.39, 0.29) is 23.3 Å². The van der Waals surface area contributed by atoms with E-state index in [1.807, 2.05) is 0 Å². The predicted molar refractivity (Wildman–Crippen MR) is 82.4 cm³/mol. The van der Waals surface area contributed by atoms with Crippen molar-refractivity contribution in [3.8, 4) is 0 Å². The fraction of sp³-hybridized carbons (Fsp3) is 0.529. The van der Waals surface area contributed by atoms with Gasteiger partial charge in [-0.25, -0.2) is 8.78 Å². The van der Waals surface area contributed by atoms with Gasteiger partial charge in [0.25, 0.3) is 5.91 Å². The molecule has 2 fully saturated rings. The molecule has 2 aliphatic rings. The second kappa shape index (κ2) is 7.25. The maximum Gasteiger partial charge on any atom is 0.253 e. The Bertz CT molecular complexity index is 632. The molecule has 1 aromatic carbocycles. The number of rotatable bonds is 2. The summed E-state index contributed by atoms with van der Waals surface area (Å²) in [6, 6.07) is 3.13. The molecule has 0 bridgehead atoms. The van der Waals surface area contributed by atoms with Crippen molar-refractivity contribution in [2.24, 2.45) is 5.92 Å². The number of halogens is 2. The van der Waals surface area contributed by atoms with Gasteiger partial charge >= 0.3 is 0 Å². The Hall–Kier alpha value is -2.02. The highest BCUT2D eigenvalue weighted by Gasteiger charge is 2.32. The normalized spacial score (nSPS) is 21.7. The lowest BCUT2D eigenvalue weighted by Crippen LogP contribution is -2.49. The van der Waals surface area contributed by atoms with E-state index < -0.39 is 11.6 Å². The Labute approximate surface area is 139 Å². The lowest BCUT2D eigenvalue weighted by Gasteiger charge is -2.36. The van der Waals surface area contributed by atoms with Crippen LogP contribution in [0.5, 0.6) is 0 Å². The smallest absolute Gasteiger partial charge is 0.253 e. The molecule has 0 radical (unpaired) electrons. The minimum Gasteiger partial charge on any atom is -0.378 e. The Morgan fingerprint density at radius 1 is 1.04 bits per heavy atom. The lowest BCUT2D eigenvalue weighted by atomic mass is 9.95. The van der Waals surface area contributed by atoms with E-state index in [4.69, 9.17) is 4.74 Å². The Morgan fingerprint density at radius 3 is 2.50 bits per heavy atom. The van der Waals surface area contributed by atoms with Crippen molar-refractivity contribution < 1.29 is 23.1 Å². The van der Waals surface area contributed by atoms with Gasteiger partial charge in [0.05, 0.1) is 19.1 Å². The van der Waals surface area contributed by atoms with E-state index in [2.05, 4.69) is 0 Å². The molecule has 2 heterocycles. The number of ether oxygens (including phenoxy) is 1. The average Bonchev–Trinajstić information content (AvgIpc) is 2.63. The molecule has 1 aromatic rings. The first kappa shape index (κ1) is 16.8. The summed E-state index contributed by atoms with van der Waals surface area (Å²) >= 11 is 0. The Morgan fingerprint density at radius 2 is 1.79 bits per heavy atom. The summed E-state index contributed by atoms with van der Waals surface area (Å²) in [7, 11) is 0. The predicted octanol–water partition coefficient (Wildman–Crippen LogP) is 1.68. The number of piperidine rings is 1. The third-order valence-corrected chi connectivity index (χ3v) is 4.55. The molecule has 2 saturated heterocycles. The summed E-state index contributed by atoms with van der Waals surface area (Å²) in [5.41, 5.74) is 0.105. The third-order valence-electron chi connectivity index (χ3n) is 4.55. The number of nitrogens with zero attached hydrogens (tertiary/aromatic N) is 2. The van der Waals surface area contributed by atoms with E-state index in [0.717, 1.165) is 25.0 Å². The zero-order chi connectivity index (χ0) is 17.1. The van der Waals surface area contributed by atoms with Gasteiger partial charge < -0.3 is 14.5 Å². The lowest BCUT2D eigenvalue weighted by molar-refractivity contribution is -0.141. The molecule has 0 saturated carbocycles. The van der Waals surface area contributed by atoms with Crippen molar-refractivity contribution in [1.82, 2.24) is 9.80 Å². The van der Waals surface area contributed by atoms with Gasteiger partial charge in [0.1, 0.15) is 0 Å². The maximum absolute atomic E-state index is 13.3. The molecule has 0 aromatic heterocycles. The number of hydrogen-bond donors (Lipinski definition) is 0. The summed E-state index contributed by atoms with van der Waals surface area (Å²) in [5.74, 6) is -2.59. The van der Waals surface area contributed by atoms with E-state index in [1.54, 1.807) is 9.80 Å². The van der Waals surface area contributed by atoms with Crippen LogP contribution in [0, 0.1) is 17.6 Å². The van der Waals surface area contributed by atoms with Crippen LogP contribution in [0.1, 0.15) is 23.2 Å². The summed E-state index contributed by atoms with van der Waals surface area (Å²) < 4.78 is 31.6. The molecule has 0 aliphatic carbocycles. The zero-order valence-electron chi connectivity index (χ0n) is 13.3. The van der Waals surface area contributed by atoms with Crippen molar-refractivity contribution >= 4 is 11.8 Å². The zero-order valence-corrected chi connectivity index (χ0v) is 13.3. The molecule has 1 atom stereocenters.